The quantitative estimate of drug-likeness (QED) is 0.388. The lowest BCUT2D eigenvalue weighted by Crippen LogP contribution is -1.97. The van der Waals surface area contributed by atoms with Crippen molar-refractivity contribution in [2.45, 2.75) is 0 Å². The Morgan fingerprint density at radius 2 is 2.36 bits per heavy atom. The molecule has 14 heavy (non-hydrogen) atoms. The molecule has 2 N–H and O–H groups in total. The maximum atomic E-state index is 5.41. The Hall–Kier alpha value is -1.29. The van der Waals surface area contributed by atoms with Gasteiger partial charge >= 0.3 is 0 Å². The average Bonchev–Trinajstić information content (AvgIpc) is 2.17. The highest BCUT2D eigenvalue weighted by molar-refractivity contribution is 9.10. The van der Waals surface area contributed by atoms with Gasteiger partial charge in [-0.3, -0.25) is 0 Å². The molecule has 0 aliphatic heterocycles. The molecule has 4 heteroatoms. The Morgan fingerprint density at radius 3 is 3.00 bits per heavy atom. The molecule has 0 spiro atoms. The van der Waals surface area contributed by atoms with Crippen LogP contribution in [0.2, 0.25) is 0 Å². The van der Waals surface area contributed by atoms with Crippen LogP contribution in [0.3, 0.4) is 0 Å². The van der Waals surface area contributed by atoms with Crippen LogP contribution in [0, 0.1) is 0 Å². The van der Waals surface area contributed by atoms with Crippen molar-refractivity contribution < 1.29 is 4.74 Å². The Kier molecular flexibility index (Phi) is 4.19. The SMILES string of the molecule is C=CCOc1ccc(Br)cc1C=NN. The van der Waals surface area contributed by atoms with Gasteiger partial charge in [0.05, 0.1) is 6.21 Å². The van der Waals surface area contributed by atoms with Gasteiger partial charge in [0.2, 0.25) is 0 Å². The molecular formula is C10H11BrN2O. The number of hydrogen-bond donors (Lipinski definition) is 1. The second kappa shape index (κ2) is 5.44. The maximum absolute atomic E-state index is 5.41. The number of hydrogen-bond acceptors (Lipinski definition) is 3. The van der Waals surface area contributed by atoms with Gasteiger partial charge in [-0.15, -0.1) is 0 Å². The van der Waals surface area contributed by atoms with Gasteiger partial charge in [-0.2, -0.15) is 5.10 Å². The summed E-state index contributed by atoms with van der Waals surface area (Å²) in [5, 5.41) is 3.46. The predicted octanol–water partition coefficient (Wildman–Crippen LogP) is 2.31. The zero-order valence-electron chi connectivity index (χ0n) is 7.61. The predicted molar refractivity (Wildman–Crippen MR) is 61.6 cm³/mol. The van der Waals surface area contributed by atoms with Crippen LogP contribution < -0.4 is 10.6 Å². The first kappa shape index (κ1) is 10.8. The highest BCUT2D eigenvalue weighted by atomic mass is 79.9. The maximum Gasteiger partial charge on any atom is 0.128 e. The smallest absolute Gasteiger partial charge is 0.128 e. The molecule has 0 saturated carbocycles. The number of nitrogens with two attached hydrogens (primary N) is 1. The lowest BCUT2D eigenvalue weighted by molar-refractivity contribution is 0.362. The minimum Gasteiger partial charge on any atom is -0.489 e. The van der Waals surface area contributed by atoms with Crippen molar-refractivity contribution in [3.8, 4) is 5.75 Å². The van der Waals surface area contributed by atoms with E-state index in [1.165, 1.54) is 0 Å². The second-order valence-corrected chi connectivity index (χ2v) is 3.48. The van der Waals surface area contributed by atoms with Crippen molar-refractivity contribution in [3.05, 3.63) is 40.9 Å². The number of halogens is 1. The molecule has 0 heterocycles. The topological polar surface area (TPSA) is 47.6 Å². The zero-order chi connectivity index (χ0) is 10.4. The van der Waals surface area contributed by atoms with Crippen molar-refractivity contribution >= 4 is 22.1 Å². The number of benzene rings is 1. The van der Waals surface area contributed by atoms with Crippen molar-refractivity contribution in [1.29, 1.82) is 0 Å². The van der Waals surface area contributed by atoms with Crippen LogP contribution in [0.1, 0.15) is 5.56 Å². The molecule has 0 radical (unpaired) electrons. The van der Waals surface area contributed by atoms with Gasteiger partial charge in [-0.25, -0.2) is 0 Å². The van der Waals surface area contributed by atoms with Gasteiger partial charge in [0, 0.05) is 10.0 Å². The minimum absolute atomic E-state index is 0.465. The standard InChI is InChI=1S/C10H11BrN2O/c1-2-5-14-10-4-3-9(11)6-8(10)7-13-12/h2-4,6-7H,1,5,12H2. The first-order valence-corrected chi connectivity index (χ1v) is 4.83. The average molecular weight is 255 g/mol. The van der Waals surface area contributed by atoms with Gasteiger partial charge in [0.25, 0.3) is 0 Å². The molecule has 0 aliphatic rings. The molecular weight excluding hydrogens is 244 g/mol. The van der Waals surface area contributed by atoms with Gasteiger partial charge in [0.1, 0.15) is 12.4 Å². The summed E-state index contributed by atoms with van der Waals surface area (Å²) in [6, 6.07) is 5.63. The molecule has 0 aliphatic carbocycles. The zero-order valence-corrected chi connectivity index (χ0v) is 9.20. The van der Waals surface area contributed by atoms with Crippen molar-refractivity contribution in [3.63, 3.8) is 0 Å². The molecule has 1 rings (SSSR count). The van der Waals surface area contributed by atoms with E-state index >= 15 is 0 Å². The van der Waals surface area contributed by atoms with Gasteiger partial charge in [-0.1, -0.05) is 28.6 Å². The number of hydrazone groups is 1. The molecule has 3 nitrogen and oxygen atoms in total. The summed E-state index contributed by atoms with van der Waals surface area (Å²) < 4.78 is 6.36. The van der Waals surface area contributed by atoms with Gasteiger partial charge < -0.3 is 10.6 Å². The lowest BCUT2D eigenvalue weighted by Gasteiger charge is -2.06. The Balaban J connectivity index is 2.95. The van der Waals surface area contributed by atoms with E-state index in [4.69, 9.17) is 10.6 Å². The summed E-state index contributed by atoms with van der Waals surface area (Å²) in [5.41, 5.74) is 0.837. The molecule has 0 aromatic heterocycles. The largest absolute Gasteiger partial charge is 0.489 e. The molecule has 0 amide bonds. The first-order valence-electron chi connectivity index (χ1n) is 4.04. The molecule has 0 atom stereocenters. The van der Waals surface area contributed by atoms with Gasteiger partial charge in [0.15, 0.2) is 0 Å². The summed E-state index contributed by atoms with van der Waals surface area (Å²) in [7, 11) is 0. The minimum atomic E-state index is 0.465. The summed E-state index contributed by atoms with van der Waals surface area (Å²) >= 11 is 3.36. The highest BCUT2D eigenvalue weighted by Gasteiger charge is 2.01. The second-order valence-electron chi connectivity index (χ2n) is 2.56. The Labute approximate surface area is 91.4 Å². The van der Waals surface area contributed by atoms with E-state index < -0.39 is 0 Å². The van der Waals surface area contributed by atoms with Crippen LogP contribution in [0.25, 0.3) is 0 Å². The monoisotopic (exact) mass is 254 g/mol. The van der Waals surface area contributed by atoms with Gasteiger partial charge in [-0.05, 0) is 18.2 Å². The van der Waals surface area contributed by atoms with E-state index in [-0.39, 0.29) is 0 Å². The van der Waals surface area contributed by atoms with E-state index in [9.17, 15) is 0 Å². The normalized spacial score (nSPS) is 10.4. The van der Waals surface area contributed by atoms with Crippen LogP contribution in [-0.4, -0.2) is 12.8 Å². The molecule has 0 fully saturated rings. The third-order valence-corrected chi connectivity index (χ3v) is 2.04. The van der Waals surface area contributed by atoms with E-state index in [2.05, 4.69) is 27.6 Å². The summed E-state index contributed by atoms with van der Waals surface area (Å²) in [4.78, 5) is 0. The van der Waals surface area contributed by atoms with E-state index in [1.54, 1.807) is 12.3 Å². The van der Waals surface area contributed by atoms with Crippen LogP contribution in [0.15, 0.2) is 40.4 Å². The summed E-state index contributed by atoms with van der Waals surface area (Å²) in [6.07, 6.45) is 3.23. The Morgan fingerprint density at radius 1 is 1.57 bits per heavy atom. The number of rotatable bonds is 4. The van der Waals surface area contributed by atoms with E-state index in [1.807, 2.05) is 18.2 Å². The molecule has 1 aromatic carbocycles. The lowest BCUT2D eigenvalue weighted by atomic mass is 10.2. The van der Waals surface area contributed by atoms with Crippen LogP contribution >= 0.6 is 15.9 Å². The van der Waals surface area contributed by atoms with Crippen molar-refractivity contribution in [2.75, 3.05) is 6.61 Å². The van der Waals surface area contributed by atoms with E-state index in [0.29, 0.717) is 6.61 Å². The molecule has 0 bridgehead atoms. The first-order chi connectivity index (χ1) is 6.77. The summed E-state index contributed by atoms with van der Waals surface area (Å²) in [5.74, 6) is 5.82. The molecule has 74 valence electrons. The van der Waals surface area contributed by atoms with Crippen LogP contribution in [0.4, 0.5) is 0 Å². The fourth-order valence-corrected chi connectivity index (χ4v) is 1.36. The summed E-state index contributed by atoms with van der Waals surface area (Å²) in [6.45, 7) is 4.04. The highest BCUT2D eigenvalue weighted by Crippen LogP contribution is 2.21. The molecule has 1 aromatic rings. The number of ether oxygens (including phenoxy) is 1. The molecule has 0 unspecified atom stereocenters. The van der Waals surface area contributed by atoms with Crippen molar-refractivity contribution in [1.82, 2.24) is 0 Å². The van der Waals surface area contributed by atoms with Crippen LogP contribution in [-0.2, 0) is 0 Å². The van der Waals surface area contributed by atoms with Crippen molar-refractivity contribution in [2.24, 2.45) is 10.9 Å². The fraction of sp³-hybridized carbons (Fsp3) is 0.100. The fourth-order valence-electron chi connectivity index (χ4n) is 0.981. The Bertz CT molecular complexity index is 350. The van der Waals surface area contributed by atoms with Crippen LogP contribution in [0.5, 0.6) is 5.75 Å². The van der Waals surface area contributed by atoms with E-state index in [0.717, 1.165) is 15.8 Å². The third kappa shape index (κ3) is 2.88. The third-order valence-electron chi connectivity index (χ3n) is 1.54. The number of nitrogens with zero attached hydrogens (tertiary/aromatic N) is 1. The molecule has 0 saturated heterocycles.